The second-order valence-corrected chi connectivity index (χ2v) is 5.17. The van der Waals surface area contributed by atoms with Gasteiger partial charge in [-0.1, -0.05) is 12.1 Å². The van der Waals surface area contributed by atoms with Crippen molar-refractivity contribution in [3.63, 3.8) is 0 Å². The van der Waals surface area contributed by atoms with Crippen LogP contribution in [-0.4, -0.2) is 4.98 Å². The van der Waals surface area contributed by atoms with Crippen molar-refractivity contribution >= 4 is 22.6 Å². The molecular weight excluding hydrogens is 411 g/mol. The molecule has 0 atom stereocenters. The number of hydrogen-bond acceptors (Lipinski definition) is 1. The first-order valence-electron chi connectivity index (χ1n) is 5.50. The largest absolute Gasteiger partial charge is 0.434 e. The Hall–Kier alpha value is -1.32. The second kappa shape index (κ2) is 5.47. The maximum Gasteiger partial charge on any atom is 0.434 e. The maximum atomic E-state index is 12.7. The Labute approximate surface area is 129 Å². The van der Waals surface area contributed by atoms with Crippen LogP contribution >= 0.6 is 22.6 Å². The molecule has 2 rings (SSSR count). The molecule has 21 heavy (non-hydrogen) atoms. The Morgan fingerprint density at radius 2 is 1.38 bits per heavy atom. The molecule has 0 amide bonds. The topological polar surface area (TPSA) is 12.9 Å². The van der Waals surface area contributed by atoms with E-state index in [1.54, 1.807) is 0 Å². The Kier molecular flexibility index (Phi) is 4.18. The number of rotatable bonds is 1. The number of hydrogen-bond donors (Lipinski definition) is 0. The molecule has 8 heteroatoms. The number of halogens is 7. The van der Waals surface area contributed by atoms with Crippen molar-refractivity contribution in [2.75, 3.05) is 0 Å². The smallest absolute Gasteiger partial charge is 0.251 e. The molecule has 0 aliphatic rings. The first-order valence-corrected chi connectivity index (χ1v) is 6.58. The summed E-state index contributed by atoms with van der Waals surface area (Å²) in [6.07, 6.45) is -8.11. The number of pyridine rings is 1. The SMILES string of the molecule is FC(F)(F)c1ccc(-c2ccnc(C(F)(F)F)c2I)cc1. The van der Waals surface area contributed by atoms with Crippen LogP contribution in [0.2, 0.25) is 0 Å². The standard InChI is InChI=1S/C13H6F6IN/c14-12(15,16)8-3-1-7(2-4-8)9-5-6-21-11(10(9)20)13(17,18)19/h1-6H. The molecule has 0 aliphatic heterocycles. The van der Waals surface area contributed by atoms with Gasteiger partial charge >= 0.3 is 12.4 Å². The summed E-state index contributed by atoms with van der Waals surface area (Å²) in [6.45, 7) is 0. The Balaban J connectivity index is 2.48. The summed E-state index contributed by atoms with van der Waals surface area (Å²) in [5.41, 5.74) is -1.46. The highest BCUT2D eigenvalue weighted by atomic mass is 127. The summed E-state index contributed by atoms with van der Waals surface area (Å²) in [6, 6.07) is 5.28. The predicted molar refractivity (Wildman–Crippen MR) is 72.4 cm³/mol. The first-order chi connectivity index (χ1) is 9.60. The van der Waals surface area contributed by atoms with E-state index in [2.05, 4.69) is 4.98 Å². The van der Waals surface area contributed by atoms with Crippen LogP contribution in [0.25, 0.3) is 11.1 Å². The van der Waals surface area contributed by atoms with E-state index in [4.69, 9.17) is 0 Å². The number of benzene rings is 1. The lowest BCUT2D eigenvalue weighted by Gasteiger charge is -2.12. The fourth-order valence-corrected chi connectivity index (χ4v) is 2.64. The van der Waals surface area contributed by atoms with E-state index in [1.807, 2.05) is 0 Å². The van der Waals surface area contributed by atoms with Crippen LogP contribution in [-0.2, 0) is 12.4 Å². The van der Waals surface area contributed by atoms with E-state index in [0.717, 1.165) is 30.5 Å². The van der Waals surface area contributed by atoms with Gasteiger partial charge in [0.1, 0.15) is 0 Å². The fraction of sp³-hybridized carbons (Fsp3) is 0.154. The molecule has 0 bridgehead atoms. The van der Waals surface area contributed by atoms with Gasteiger partial charge in [0, 0.05) is 6.20 Å². The van der Waals surface area contributed by atoms with Crippen LogP contribution in [0.5, 0.6) is 0 Å². The molecule has 0 radical (unpaired) electrons. The minimum absolute atomic E-state index is 0.151. The van der Waals surface area contributed by atoms with Gasteiger partial charge < -0.3 is 0 Å². The number of alkyl halides is 6. The van der Waals surface area contributed by atoms with Gasteiger partial charge in [0.25, 0.3) is 0 Å². The normalized spacial score (nSPS) is 12.5. The first kappa shape index (κ1) is 16.1. The van der Waals surface area contributed by atoms with Gasteiger partial charge in [-0.2, -0.15) is 26.3 Å². The highest BCUT2D eigenvalue weighted by Crippen LogP contribution is 2.37. The minimum Gasteiger partial charge on any atom is -0.251 e. The average molecular weight is 417 g/mol. The molecule has 1 nitrogen and oxygen atoms in total. The summed E-state index contributed by atoms with van der Waals surface area (Å²) in [5.74, 6) is 0. The zero-order valence-electron chi connectivity index (χ0n) is 10.1. The summed E-state index contributed by atoms with van der Waals surface area (Å²) in [4.78, 5) is 3.28. The Bertz CT molecular complexity index is 645. The number of nitrogens with zero attached hydrogens (tertiary/aromatic N) is 1. The average Bonchev–Trinajstić information content (AvgIpc) is 2.37. The third-order valence-corrected chi connectivity index (χ3v) is 3.77. The minimum atomic E-state index is -4.61. The van der Waals surface area contributed by atoms with Crippen molar-refractivity contribution in [3.8, 4) is 11.1 Å². The van der Waals surface area contributed by atoms with Crippen molar-refractivity contribution in [1.29, 1.82) is 0 Å². The van der Waals surface area contributed by atoms with Gasteiger partial charge in [-0.05, 0) is 51.9 Å². The van der Waals surface area contributed by atoms with E-state index in [0.29, 0.717) is 0 Å². The Morgan fingerprint density at radius 3 is 1.86 bits per heavy atom. The summed E-state index contributed by atoms with van der Waals surface area (Å²) in [7, 11) is 0. The van der Waals surface area contributed by atoms with E-state index in [9.17, 15) is 26.3 Å². The molecule has 0 spiro atoms. The van der Waals surface area contributed by atoms with Crippen LogP contribution < -0.4 is 0 Å². The molecule has 1 aromatic heterocycles. The highest BCUT2D eigenvalue weighted by Gasteiger charge is 2.36. The number of aromatic nitrogens is 1. The monoisotopic (exact) mass is 417 g/mol. The van der Waals surface area contributed by atoms with Crippen molar-refractivity contribution < 1.29 is 26.3 Å². The quantitative estimate of drug-likeness (QED) is 0.448. The maximum absolute atomic E-state index is 12.7. The molecule has 0 saturated carbocycles. The van der Waals surface area contributed by atoms with Crippen LogP contribution in [0.1, 0.15) is 11.3 Å². The lowest BCUT2D eigenvalue weighted by atomic mass is 10.0. The summed E-state index contributed by atoms with van der Waals surface area (Å²) < 4.78 is 75.5. The fourth-order valence-electron chi connectivity index (χ4n) is 1.70. The third-order valence-electron chi connectivity index (χ3n) is 2.68. The molecule has 0 N–H and O–H groups in total. The molecule has 0 saturated heterocycles. The summed E-state index contributed by atoms with van der Waals surface area (Å²) >= 11 is 1.49. The van der Waals surface area contributed by atoms with Crippen molar-refractivity contribution in [1.82, 2.24) is 4.98 Å². The Morgan fingerprint density at radius 1 is 0.810 bits per heavy atom. The summed E-state index contributed by atoms with van der Waals surface area (Å²) in [5, 5.41) is 0. The van der Waals surface area contributed by atoms with Gasteiger partial charge in [0.05, 0.1) is 9.13 Å². The van der Waals surface area contributed by atoms with Gasteiger partial charge in [-0.3, -0.25) is 4.98 Å². The van der Waals surface area contributed by atoms with E-state index in [1.165, 1.54) is 28.7 Å². The van der Waals surface area contributed by atoms with E-state index in [-0.39, 0.29) is 14.7 Å². The van der Waals surface area contributed by atoms with Crippen LogP contribution in [0.3, 0.4) is 0 Å². The van der Waals surface area contributed by atoms with Crippen molar-refractivity contribution in [3.05, 3.63) is 51.4 Å². The molecule has 0 aliphatic carbocycles. The predicted octanol–water partition coefficient (Wildman–Crippen LogP) is 5.39. The van der Waals surface area contributed by atoms with Crippen LogP contribution in [0, 0.1) is 3.57 Å². The molecule has 2 aromatic rings. The zero-order chi connectivity index (χ0) is 15.8. The van der Waals surface area contributed by atoms with Crippen molar-refractivity contribution in [2.24, 2.45) is 0 Å². The zero-order valence-corrected chi connectivity index (χ0v) is 12.2. The molecule has 1 aromatic carbocycles. The molecule has 1 heterocycles. The van der Waals surface area contributed by atoms with Crippen molar-refractivity contribution in [2.45, 2.75) is 12.4 Å². The van der Waals surface area contributed by atoms with Gasteiger partial charge in [-0.15, -0.1) is 0 Å². The highest BCUT2D eigenvalue weighted by molar-refractivity contribution is 14.1. The second-order valence-electron chi connectivity index (χ2n) is 4.09. The van der Waals surface area contributed by atoms with E-state index >= 15 is 0 Å². The van der Waals surface area contributed by atoms with Gasteiger partial charge in [0.15, 0.2) is 5.69 Å². The molecular formula is C13H6F6IN. The molecule has 0 fully saturated rings. The van der Waals surface area contributed by atoms with Crippen LogP contribution in [0.15, 0.2) is 36.5 Å². The molecule has 0 unspecified atom stereocenters. The third kappa shape index (κ3) is 3.47. The van der Waals surface area contributed by atoms with E-state index < -0.39 is 23.6 Å². The molecule has 112 valence electrons. The van der Waals surface area contributed by atoms with Gasteiger partial charge in [0.2, 0.25) is 0 Å². The lowest BCUT2D eigenvalue weighted by Crippen LogP contribution is -2.11. The lowest BCUT2D eigenvalue weighted by molar-refractivity contribution is -0.142. The van der Waals surface area contributed by atoms with Gasteiger partial charge in [-0.25, -0.2) is 0 Å². The van der Waals surface area contributed by atoms with Crippen LogP contribution in [0.4, 0.5) is 26.3 Å².